The van der Waals surface area contributed by atoms with Crippen LogP contribution in [0.15, 0.2) is 53.7 Å². The molecule has 2 heterocycles. The van der Waals surface area contributed by atoms with Gasteiger partial charge in [-0.3, -0.25) is 4.40 Å². The first-order valence-electron chi connectivity index (χ1n) is 7.14. The molecule has 0 atom stereocenters. The van der Waals surface area contributed by atoms with Gasteiger partial charge in [0.25, 0.3) is 0 Å². The molecule has 0 radical (unpaired) electrons. The van der Waals surface area contributed by atoms with Gasteiger partial charge in [0.1, 0.15) is 5.75 Å². The number of halogens is 1. The number of benzene rings is 2. The van der Waals surface area contributed by atoms with E-state index in [0.717, 1.165) is 33.5 Å². The number of hydrogen-bond acceptors (Lipinski definition) is 4. The quantitative estimate of drug-likeness (QED) is 0.438. The third-order valence-electron chi connectivity index (χ3n) is 3.38. The fraction of sp³-hybridized carbons (Fsp3) is 0.125. The van der Waals surface area contributed by atoms with Crippen molar-refractivity contribution in [3.63, 3.8) is 0 Å². The molecule has 4 aromatic rings. The second-order valence-corrected chi connectivity index (χ2v) is 6.42. The highest BCUT2D eigenvalue weighted by Crippen LogP contribution is 2.23. The van der Waals surface area contributed by atoms with E-state index in [1.54, 1.807) is 11.8 Å². The van der Waals surface area contributed by atoms with E-state index in [-0.39, 0.29) is 0 Å². The van der Waals surface area contributed by atoms with Gasteiger partial charge in [-0.05, 0) is 30.3 Å². The lowest BCUT2D eigenvalue weighted by atomic mass is 10.3. The van der Waals surface area contributed by atoms with Crippen molar-refractivity contribution in [3.05, 3.63) is 53.6 Å². The van der Waals surface area contributed by atoms with E-state index in [1.807, 2.05) is 52.9 Å². The molecule has 2 aromatic carbocycles. The van der Waals surface area contributed by atoms with Gasteiger partial charge in [-0.25, -0.2) is 10.1 Å². The Bertz CT molecular complexity index is 965. The average molecular weight is 345 g/mol. The monoisotopic (exact) mass is 344 g/mol. The molecule has 0 aliphatic heterocycles. The Morgan fingerprint density at radius 2 is 2.09 bits per heavy atom. The standard InChI is InChI=1S/C16H13ClN4OS/c17-11-4-3-5-12(10-11)22-8-9-23-16-20-19-15-18-13-6-1-2-7-14(13)21(15)16/h1-7,10H,8-9H2,(H,18,19). The first kappa shape index (κ1) is 14.4. The maximum Gasteiger partial charge on any atom is 0.231 e. The molecule has 0 saturated carbocycles. The van der Waals surface area contributed by atoms with Crippen LogP contribution in [-0.2, 0) is 0 Å². The minimum Gasteiger partial charge on any atom is -0.493 e. The van der Waals surface area contributed by atoms with Gasteiger partial charge in [-0.15, -0.1) is 5.10 Å². The molecule has 0 amide bonds. The van der Waals surface area contributed by atoms with Gasteiger partial charge in [-0.2, -0.15) is 0 Å². The Morgan fingerprint density at radius 1 is 1.17 bits per heavy atom. The molecule has 116 valence electrons. The highest BCUT2D eigenvalue weighted by molar-refractivity contribution is 7.99. The third-order valence-corrected chi connectivity index (χ3v) is 4.52. The van der Waals surface area contributed by atoms with Crippen molar-refractivity contribution >= 4 is 40.2 Å². The van der Waals surface area contributed by atoms with Crippen molar-refractivity contribution in [2.75, 3.05) is 12.4 Å². The van der Waals surface area contributed by atoms with Crippen LogP contribution in [0, 0.1) is 0 Å². The van der Waals surface area contributed by atoms with E-state index < -0.39 is 0 Å². The summed E-state index contributed by atoms with van der Waals surface area (Å²) in [7, 11) is 0. The summed E-state index contributed by atoms with van der Waals surface area (Å²) in [6, 6.07) is 15.4. The molecule has 23 heavy (non-hydrogen) atoms. The molecule has 0 aliphatic carbocycles. The molecule has 0 bridgehead atoms. The first-order valence-corrected chi connectivity index (χ1v) is 8.50. The number of rotatable bonds is 5. The summed E-state index contributed by atoms with van der Waals surface area (Å²) in [5.41, 5.74) is 2.01. The van der Waals surface area contributed by atoms with Gasteiger partial charge >= 0.3 is 0 Å². The third kappa shape index (κ3) is 2.87. The van der Waals surface area contributed by atoms with E-state index in [9.17, 15) is 0 Å². The number of ether oxygens (including phenoxy) is 1. The number of thioether (sulfide) groups is 1. The minimum atomic E-state index is 0.575. The maximum atomic E-state index is 5.94. The molecule has 0 saturated heterocycles. The molecular formula is C16H13ClN4OS. The topological polar surface area (TPSA) is 55.2 Å². The van der Waals surface area contributed by atoms with Crippen molar-refractivity contribution in [1.82, 2.24) is 19.6 Å². The molecule has 7 heteroatoms. The fourth-order valence-corrected chi connectivity index (χ4v) is 3.34. The average Bonchev–Trinajstić information content (AvgIpc) is 3.11. The second-order valence-electron chi connectivity index (χ2n) is 4.92. The van der Waals surface area contributed by atoms with Crippen molar-refractivity contribution in [3.8, 4) is 5.75 Å². The van der Waals surface area contributed by atoms with Crippen molar-refractivity contribution in [2.45, 2.75) is 5.16 Å². The Hall–Kier alpha value is -2.18. The number of nitrogens with zero attached hydrogens (tertiary/aromatic N) is 3. The van der Waals surface area contributed by atoms with Gasteiger partial charge in [-0.1, -0.05) is 41.6 Å². The van der Waals surface area contributed by atoms with Gasteiger partial charge in [0.05, 0.1) is 17.6 Å². The Kier molecular flexibility index (Phi) is 3.85. The number of nitrogens with one attached hydrogen (secondary N) is 1. The molecule has 0 spiro atoms. The lowest BCUT2D eigenvalue weighted by molar-refractivity contribution is 0.344. The SMILES string of the molecule is Clc1cccc(OCCSc2n[nH]c3nc4ccccc4n23)c1. The van der Waals surface area contributed by atoms with E-state index in [1.165, 1.54) is 0 Å². The maximum absolute atomic E-state index is 5.94. The first-order chi connectivity index (χ1) is 11.3. The lowest BCUT2D eigenvalue weighted by Gasteiger charge is -2.05. The number of H-pyrrole nitrogens is 1. The van der Waals surface area contributed by atoms with Crippen LogP contribution < -0.4 is 4.74 Å². The van der Waals surface area contributed by atoms with E-state index in [4.69, 9.17) is 16.3 Å². The zero-order valence-corrected chi connectivity index (χ0v) is 13.6. The van der Waals surface area contributed by atoms with Gasteiger partial charge in [0.15, 0.2) is 5.16 Å². The van der Waals surface area contributed by atoms with Crippen LogP contribution in [0.2, 0.25) is 5.02 Å². The summed E-state index contributed by atoms with van der Waals surface area (Å²) in [5.74, 6) is 2.31. The van der Waals surface area contributed by atoms with Gasteiger partial charge in [0.2, 0.25) is 5.78 Å². The summed E-state index contributed by atoms with van der Waals surface area (Å²) >= 11 is 7.56. The highest BCUT2D eigenvalue weighted by atomic mass is 35.5. The van der Waals surface area contributed by atoms with Crippen LogP contribution in [0.1, 0.15) is 0 Å². The molecule has 0 fully saturated rings. The summed E-state index contributed by atoms with van der Waals surface area (Å²) in [6.07, 6.45) is 0. The normalized spacial score (nSPS) is 11.3. The number of fused-ring (bicyclic) bond motifs is 3. The van der Waals surface area contributed by atoms with Crippen LogP contribution in [0.5, 0.6) is 5.75 Å². The Balaban J connectivity index is 1.46. The zero-order valence-electron chi connectivity index (χ0n) is 12.1. The molecule has 0 unspecified atom stereocenters. The van der Waals surface area contributed by atoms with Crippen molar-refractivity contribution in [1.29, 1.82) is 0 Å². The number of aromatic amines is 1. The summed E-state index contributed by atoms with van der Waals surface area (Å²) < 4.78 is 7.73. The van der Waals surface area contributed by atoms with E-state index in [2.05, 4.69) is 15.2 Å². The van der Waals surface area contributed by atoms with Gasteiger partial charge < -0.3 is 4.74 Å². The summed E-state index contributed by atoms with van der Waals surface area (Å²) in [4.78, 5) is 4.51. The number of imidazole rings is 1. The summed E-state index contributed by atoms with van der Waals surface area (Å²) in [5, 5.41) is 8.85. The van der Waals surface area contributed by atoms with Crippen LogP contribution in [0.4, 0.5) is 0 Å². The van der Waals surface area contributed by atoms with E-state index >= 15 is 0 Å². The van der Waals surface area contributed by atoms with Gasteiger partial charge in [0, 0.05) is 10.8 Å². The molecule has 1 N–H and O–H groups in total. The number of para-hydroxylation sites is 2. The number of hydrogen-bond donors (Lipinski definition) is 1. The largest absolute Gasteiger partial charge is 0.493 e. The van der Waals surface area contributed by atoms with Crippen LogP contribution in [0.25, 0.3) is 16.8 Å². The molecule has 2 aromatic heterocycles. The van der Waals surface area contributed by atoms with Crippen LogP contribution in [-0.4, -0.2) is 31.9 Å². The minimum absolute atomic E-state index is 0.575. The molecule has 5 nitrogen and oxygen atoms in total. The molecule has 4 rings (SSSR count). The Morgan fingerprint density at radius 3 is 3.00 bits per heavy atom. The highest BCUT2D eigenvalue weighted by Gasteiger charge is 2.11. The van der Waals surface area contributed by atoms with Crippen LogP contribution in [0.3, 0.4) is 0 Å². The molecule has 0 aliphatic rings. The smallest absolute Gasteiger partial charge is 0.231 e. The van der Waals surface area contributed by atoms with Crippen LogP contribution >= 0.6 is 23.4 Å². The zero-order chi connectivity index (χ0) is 15.6. The van der Waals surface area contributed by atoms with Crippen molar-refractivity contribution in [2.24, 2.45) is 0 Å². The van der Waals surface area contributed by atoms with Crippen molar-refractivity contribution < 1.29 is 4.74 Å². The molecular weight excluding hydrogens is 332 g/mol. The summed E-state index contributed by atoms with van der Waals surface area (Å²) in [6.45, 7) is 0.575. The lowest BCUT2D eigenvalue weighted by Crippen LogP contribution is -2.00. The number of aromatic nitrogens is 4. The predicted molar refractivity (Wildman–Crippen MR) is 92.5 cm³/mol. The second kappa shape index (κ2) is 6.14. The fourth-order valence-electron chi connectivity index (χ4n) is 2.39. The predicted octanol–water partition coefficient (Wildman–Crippen LogP) is 4.04. The Labute approximate surface area is 141 Å². The van der Waals surface area contributed by atoms with E-state index in [0.29, 0.717) is 11.6 Å².